The largest absolute Gasteiger partial charge is 0.344 e. The first kappa shape index (κ1) is 9.37. The van der Waals surface area contributed by atoms with Gasteiger partial charge in [-0.25, -0.2) is 0 Å². The van der Waals surface area contributed by atoms with Crippen molar-refractivity contribution in [2.24, 2.45) is 0 Å². The molecule has 0 N–H and O–H groups in total. The fourth-order valence-corrected chi connectivity index (χ4v) is 1.39. The van der Waals surface area contributed by atoms with Crippen LogP contribution in [0.4, 0.5) is 0 Å². The van der Waals surface area contributed by atoms with Gasteiger partial charge in [0.15, 0.2) is 12.1 Å². The summed E-state index contributed by atoms with van der Waals surface area (Å²) in [4.78, 5) is 10.8. The van der Waals surface area contributed by atoms with Crippen molar-refractivity contribution in [3.8, 4) is 0 Å². The summed E-state index contributed by atoms with van der Waals surface area (Å²) in [6, 6.07) is 9.95. The van der Waals surface area contributed by atoms with Crippen LogP contribution in [-0.4, -0.2) is 25.3 Å². The lowest BCUT2D eigenvalue weighted by atomic mass is 10.1. The first-order valence-corrected chi connectivity index (χ1v) is 4.63. The number of ketones is 1. The molecule has 1 fully saturated rings. The van der Waals surface area contributed by atoms with Crippen molar-refractivity contribution in [1.29, 1.82) is 0 Å². The standard InChI is InChI=1S/C11H12O3/c12-10-7-13-11(14-8-10)6-9-4-2-1-3-5-9/h1-5,11H,6-8H2. The first-order chi connectivity index (χ1) is 6.84. The van der Waals surface area contributed by atoms with E-state index >= 15 is 0 Å². The van der Waals surface area contributed by atoms with Gasteiger partial charge in [0.1, 0.15) is 13.2 Å². The first-order valence-electron chi connectivity index (χ1n) is 4.63. The molecule has 1 aromatic rings. The summed E-state index contributed by atoms with van der Waals surface area (Å²) >= 11 is 0. The van der Waals surface area contributed by atoms with Crippen LogP contribution in [0.2, 0.25) is 0 Å². The van der Waals surface area contributed by atoms with E-state index in [0.717, 1.165) is 5.56 Å². The molecule has 0 radical (unpaired) electrons. The number of hydrogen-bond donors (Lipinski definition) is 0. The van der Waals surface area contributed by atoms with Crippen molar-refractivity contribution in [1.82, 2.24) is 0 Å². The second kappa shape index (κ2) is 4.35. The molecule has 14 heavy (non-hydrogen) atoms. The average Bonchev–Trinajstić information content (AvgIpc) is 2.23. The van der Waals surface area contributed by atoms with Crippen molar-refractivity contribution < 1.29 is 14.3 Å². The highest BCUT2D eigenvalue weighted by atomic mass is 16.7. The molecule has 0 aliphatic carbocycles. The molecule has 0 saturated carbocycles. The second-order valence-corrected chi connectivity index (χ2v) is 3.28. The fourth-order valence-electron chi connectivity index (χ4n) is 1.39. The zero-order valence-corrected chi connectivity index (χ0v) is 7.81. The van der Waals surface area contributed by atoms with E-state index in [2.05, 4.69) is 0 Å². The summed E-state index contributed by atoms with van der Waals surface area (Å²) in [5, 5.41) is 0. The maximum Gasteiger partial charge on any atom is 0.184 e. The smallest absolute Gasteiger partial charge is 0.184 e. The topological polar surface area (TPSA) is 35.5 Å². The van der Waals surface area contributed by atoms with Crippen molar-refractivity contribution in [3.05, 3.63) is 35.9 Å². The Kier molecular flexibility index (Phi) is 2.91. The van der Waals surface area contributed by atoms with E-state index in [9.17, 15) is 4.79 Å². The highest BCUT2D eigenvalue weighted by Crippen LogP contribution is 2.10. The summed E-state index contributed by atoms with van der Waals surface area (Å²) in [6.07, 6.45) is 0.434. The van der Waals surface area contributed by atoms with Crippen molar-refractivity contribution >= 4 is 5.78 Å². The van der Waals surface area contributed by atoms with Crippen LogP contribution in [-0.2, 0) is 20.7 Å². The maximum absolute atomic E-state index is 10.8. The van der Waals surface area contributed by atoms with Gasteiger partial charge in [-0.15, -0.1) is 0 Å². The molecule has 0 unspecified atom stereocenters. The van der Waals surface area contributed by atoms with Gasteiger partial charge in [0.05, 0.1) is 0 Å². The number of rotatable bonds is 2. The van der Waals surface area contributed by atoms with Crippen LogP contribution in [0.1, 0.15) is 5.56 Å². The highest BCUT2D eigenvalue weighted by molar-refractivity contribution is 5.81. The molecule has 3 heteroatoms. The minimum absolute atomic E-state index is 0.00862. The van der Waals surface area contributed by atoms with E-state index in [-0.39, 0.29) is 25.3 Å². The SMILES string of the molecule is O=C1COC(Cc2ccccc2)OC1. The van der Waals surface area contributed by atoms with E-state index in [4.69, 9.17) is 9.47 Å². The molecule has 1 heterocycles. The molecule has 3 nitrogen and oxygen atoms in total. The molecule has 2 rings (SSSR count). The summed E-state index contributed by atoms with van der Waals surface area (Å²) in [7, 11) is 0. The Morgan fingerprint density at radius 1 is 1.14 bits per heavy atom. The lowest BCUT2D eigenvalue weighted by Crippen LogP contribution is -2.33. The van der Waals surface area contributed by atoms with Crippen LogP contribution in [0.5, 0.6) is 0 Å². The molecule has 0 amide bonds. The number of hydrogen-bond acceptors (Lipinski definition) is 3. The number of Topliss-reactive ketones (excluding diaryl/α,β-unsaturated/α-hetero) is 1. The Hall–Kier alpha value is -1.19. The molecule has 74 valence electrons. The molecule has 0 atom stereocenters. The Bertz CT molecular complexity index is 298. The normalized spacial score (nSPS) is 18.4. The lowest BCUT2D eigenvalue weighted by Gasteiger charge is -2.22. The van der Waals surface area contributed by atoms with Gasteiger partial charge in [-0.3, -0.25) is 4.79 Å². The van der Waals surface area contributed by atoms with Crippen LogP contribution < -0.4 is 0 Å². The monoisotopic (exact) mass is 192 g/mol. The van der Waals surface area contributed by atoms with Crippen LogP contribution in [0.25, 0.3) is 0 Å². The molecule has 1 saturated heterocycles. The Morgan fingerprint density at radius 3 is 2.43 bits per heavy atom. The Morgan fingerprint density at radius 2 is 1.79 bits per heavy atom. The van der Waals surface area contributed by atoms with E-state index < -0.39 is 0 Å². The van der Waals surface area contributed by atoms with Gasteiger partial charge in [-0.1, -0.05) is 30.3 Å². The van der Waals surface area contributed by atoms with Gasteiger partial charge in [0, 0.05) is 6.42 Å². The van der Waals surface area contributed by atoms with Gasteiger partial charge in [0.25, 0.3) is 0 Å². The number of ether oxygens (including phenoxy) is 2. The van der Waals surface area contributed by atoms with Gasteiger partial charge in [0.2, 0.25) is 0 Å². The minimum Gasteiger partial charge on any atom is -0.344 e. The quantitative estimate of drug-likeness (QED) is 0.705. The van der Waals surface area contributed by atoms with Crippen LogP contribution in [0.15, 0.2) is 30.3 Å². The summed E-state index contributed by atoms with van der Waals surface area (Å²) in [6.45, 7) is 0.356. The predicted molar refractivity (Wildman–Crippen MR) is 50.8 cm³/mol. The van der Waals surface area contributed by atoms with Crippen LogP contribution in [0.3, 0.4) is 0 Å². The van der Waals surface area contributed by atoms with E-state index in [1.165, 1.54) is 0 Å². The summed E-state index contributed by atoms with van der Waals surface area (Å²) < 4.78 is 10.4. The minimum atomic E-state index is -0.268. The average molecular weight is 192 g/mol. The van der Waals surface area contributed by atoms with E-state index in [1.54, 1.807) is 0 Å². The summed E-state index contributed by atoms with van der Waals surface area (Å²) in [5.74, 6) is 0.00862. The highest BCUT2D eigenvalue weighted by Gasteiger charge is 2.19. The molecular formula is C11H12O3. The third kappa shape index (κ3) is 2.40. The molecule has 0 spiro atoms. The fraction of sp³-hybridized carbons (Fsp3) is 0.364. The third-order valence-corrected chi connectivity index (χ3v) is 2.11. The second-order valence-electron chi connectivity index (χ2n) is 3.28. The van der Waals surface area contributed by atoms with Crippen molar-refractivity contribution in [2.45, 2.75) is 12.7 Å². The van der Waals surface area contributed by atoms with E-state index in [1.807, 2.05) is 30.3 Å². The molecule has 1 aliphatic heterocycles. The molecular weight excluding hydrogens is 180 g/mol. The Balaban J connectivity index is 1.89. The van der Waals surface area contributed by atoms with Crippen molar-refractivity contribution in [3.63, 3.8) is 0 Å². The zero-order valence-electron chi connectivity index (χ0n) is 7.81. The van der Waals surface area contributed by atoms with E-state index in [0.29, 0.717) is 6.42 Å². The van der Waals surface area contributed by atoms with Gasteiger partial charge in [-0.05, 0) is 5.56 Å². The summed E-state index contributed by atoms with van der Waals surface area (Å²) in [5.41, 5.74) is 1.16. The molecule has 1 aromatic carbocycles. The zero-order chi connectivity index (χ0) is 9.80. The number of benzene rings is 1. The molecule has 0 aromatic heterocycles. The van der Waals surface area contributed by atoms with Gasteiger partial charge < -0.3 is 9.47 Å². The third-order valence-electron chi connectivity index (χ3n) is 2.11. The van der Waals surface area contributed by atoms with Crippen molar-refractivity contribution in [2.75, 3.05) is 13.2 Å². The molecule has 1 aliphatic rings. The van der Waals surface area contributed by atoms with Crippen LogP contribution >= 0.6 is 0 Å². The van der Waals surface area contributed by atoms with Gasteiger partial charge >= 0.3 is 0 Å². The van der Waals surface area contributed by atoms with Gasteiger partial charge in [-0.2, -0.15) is 0 Å². The number of carbonyl (C=O) groups is 1. The van der Waals surface area contributed by atoms with Crippen LogP contribution in [0, 0.1) is 0 Å². The predicted octanol–water partition coefficient (Wildman–Crippen LogP) is 1.17. The maximum atomic E-state index is 10.8. The lowest BCUT2D eigenvalue weighted by molar-refractivity contribution is -0.185. The Labute approximate surface area is 82.6 Å². The molecule has 0 bridgehead atoms. The number of carbonyl (C=O) groups excluding carboxylic acids is 1.